The minimum atomic E-state index is 0.340. The van der Waals surface area contributed by atoms with Gasteiger partial charge >= 0.3 is 0 Å². The molecule has 2 rings (SSSR count). The van der Waals surface area contributed by atoms with Gasteiger partial charge in [-0.1, -0.05) is 15.9 Å². The van der Waals surface area contributed by atoms with Gasteiger partial charge in [-0.25, -0.2) is 0 Å². The molecular weight excluding hydrogens is 274 g/mol. The summed E-state index contributed by atoms with van der Waals surface area (Å²) in [6.45, 7) is 5.28. The Morgan fingerprint density at radius 3 is 3.13 bits per heavy atom. The van der Waals surface area contributed by atoms with Gasteiger partial charge in [-0.15, -0.1) is 0 Å². The number of morpholine rings is 1. The van der Waals surface area contributed by atoms with Crippen LogP contribution in [-0.2, 0) is 11.3 Å². The van der Waals surface area contributed by atoms with E-state index in [2.05, 4.69) is 44.6 Å². The van der Waals surface area contributed by atoms with E-state index in [-0.39, 0.29) is 0 Å². The van der Waals surface area contributed by atoms with Gasteiger partial charge in [0.2, 0.25) is 0 Å². The van der Waals surface area contributed by atoms with Crippen molar-refractivity contribution in [3.8, 4) is 0 Å². The molecule has 0 aromatic carbocycles. The molecule has 0 spiro atoms. The Bertz CT molecular complexity index is 291. The summed E-state index contributed by atoms with van der Waals surface area (Å²) in [6, 6.07) is 2.20. The minimum absolute atomic E-state index is 0.340. The molecule has 2 nitrogen and oxygen atoms in total. The zero-order valence-corrected chi connectivity index (χ0v) is 11.3. The van der Waals surface area contributed by atoms with Crippen LogP contribution in [0.1, 0.15) is 12.5 Å². The molecule has 1 aliphatic heterocycles. The summed E-state index contributed by atoms with van der Waals surface area (Å²) in [4.78, 5) is 2.47. The lowest BCUT2D eigenvalue weighted by atomic mass is 10.2. The van der Waals surface area contributed by atoms with Crippen LogP contribution in [0.5, 0.6) is 0 Å². The zero-order chi connectivity index (χ0) is 10.7. The standard InChI is InChI=1S/C11H16BrNOS/c1-9-5-13(7-11(4-12)14-9)6-10-2-3-15-8-10/h2-3,8-9,11H,4-7H2,1H3. The van der Waals surface area contributed by atoms with Crippen LogP contribution in [-0.4, -0.2) is 35.5 Å². The smallest absolute Gasteiger partial charge is 0.0802 e. The molecular formula is C11H16BrNOS. The minimum Gasteiger partial charge on any atom is -0.372 e. The molecule has 84 valence electrons. The second-order valence-electron chi connectivity index (χ2n) is 4.05. The Balaban J connectivity index is 1.91. The first kappa shape index (κ1) is 11.6. The van der Waals surface area contributed by atoms with Crippen molar-refractivity contribution in [3.05, 3.63) is 22.4 Å². The van der Waals surface area contributed by atoms with Gasteiger partial charge in [-0.05, 0) is 29.3 Å². The molecule has 0 amide bonds. The highest BCUT2D eigenvalue weighted by molar-refractivity contribution is 9.09. The Morgan fingerprint density at radius 1 is 1.60 bits per heavy atom. The first-order valence-electron chi connectivity index (χ1n) is 5.23. The summed E-state index contributed by atoms with van der Waals surface area (Å²) in [5.41, 5.74) is 1.42. The van der Waals surface area contributed by atoms with Gasteiger partial charge in [0.25, 0.3) is 0 Å². The van der Waals surface area contributed by atoms with E-state index in [0.29, 0.717) is 12.2 Å². The van der Waals surface area contributed by atoms with Gasteiger partial charge in [0.05, 0.1) is 12.2 Å². The molecule has 0 aliphatic carbocycles. The van der Waals surface area contributed by atoms with Crippen LogP contribution < -0.4 is 0 Å². The average molecular weight is 290 g/mol. The van der Waals surface area contributed by atoms with E-state index in [4.69, 9.17) is 4.74 Å². The molecule has 0 N–H and O–H groups in total. The molecule has 1 aromatic rings. The lowest BCUT2D eigenvalue weighted by Gasteiger charge is -2.36. The van der Waals surface area contributed by atoms with Crippen molar-refractivity contribution in [3.63, 3.8) is 0 Å². The third kappa shape index (κ3) is 3.28. The Labute approximate surface area is 103 Å². The molecule has 0 radical (unpaired) electrons. The van der Waals surface area contributed by atoms with Crippen LogP contribution in [0, 0.1) is 0 Å². The number of halogens is 1. The average Bonchev–Trinajstić information content (AvgIpc) is 2.69. The largest absolute Gasteiger partial charge is 0.372 e. The fourth-order valence-electron chi connectivity index (χ4n) is 2.00. The normalized spacial score (nSPS) is 28.1. The van der Waals surface area contributed by atoms with Crippen LogP contribution in [0.25, 0.3) is 0 Å². The number of hydrogen-bond acceptors (Lipinski definition) is 3. The fraction of sp³-hybridized carbons (Fsp3) is 0.636. The third-order valence-electron chi connectivity index (χ3n) is 2.56. The van der Waals surface area contributed by atoms with Crippen molar-refractivity contribution >= 4 is 27.3 Å². The van der Waals surface area contributed by atoms with Crippen molar-refractivity contribution in [1.82, 2.24) is 4.90 Å². The van der Waals surface area contributed by atoms with Crippen molar-refractivity contribution in [2.75, 3.05) is 18.4 Å². The predicted molar refractivity (Wildman–Crippen MR) is 67.7 cm³/mol. The third-order valence-corrected chi connectivity index (χ3v) is 4.01. The van der Waals surface area contributed by atoms with Crippen LogP contribution in [0.3, 0.4) is 0 Å². The van der Waals surface area contributed by atoms with Gasteiger partial charge in [-0.2, -0.15) is 11.3 Å². The van der Waals surface area contributed by atoms with Gasteiger partial charge < -0.3 is 4.74 Å². The van der Waals surface area contributed by atoms with E-state index in [0.717, 1.165) is 25.0 Å². The first-order chi connectivity index (χ1) is 7.28. The van der Waals surface area contributed by atoms with E-state index in [9.17, 15) is 0 Å². The number of nitrogens with zero attached hydrogens (tertiary/aromatic N) is 1. The maximum absolute atomic E-state index is 5.80. The summed E-state index contributed by atoms with van der Waals surface area (Å²) in [5, 5.41) is 5.29. The van der Waals surface area contributed by atoms with E-state index >= 15 is 0 Å². The van der Waals surface area contributed by atoms with Crippen LogP contribution in [0.15, 0.2) is 16.8 Å². The number of thiophene rings is 1. The number of rotatable bonds is 3. The quantitative estimate of drug-likeness (QED) is 0.794. The first-order valence-corrected chi connectivity index (χ1v) is 7.29. The van der Waals surface area contributed by atoms with Gasteiger partial charge in [0.1, 0.15) is 0 Å². The Kier molecular flexibility index (Phi) is 4.20. The number of alkyl halides is 1. The zero-order valence-electron chi connectivity index (χ0n) is 8.86. The van der Waals surface area contributed by atoms with Gasteiger partial charge in [0, 0.05) is 25.0 Å². The molecule has 1 aromatic heterocycles. The monoisotopic (exact) mass is 289 g/mol. The van der Waals surface area contributed by atoms with E-state index in [1.807, 2.05) is 0 Å². The molecule has 2 unspecified atom stereocenters. The summed E-state index contributed by atoms with van der Waals surface area (Å²) in [7, 11) is 0. The van der Waals surface area contributed by atoms with Crippen molar-refractivity contribution in [2.24, 2.45) is 0 Å². The SMILES string of the molecule is CC1CN(Cc2ccsc2)CC(CBr)O1. The summed E-state index contributed by atoms with van der Waals surface area (Å²) >= 11 is 5.26. The second kappa shape index (κ2) is 5.43. The van der Waals surface area contributed by atoms with Crippen molar-refractivity contribution in [2.45, 2.75) is 25.7 Å². The number of hydrogen-bond donors (Lipinski definition) is 0. The highest BCUT2D eigenvalue weighted by Gasteiger charge is 2.24. The van der Waals surface area contributed by atoms with E-state index in [1.54, 1.807) is 11.3 Å². The lowest BCUT2D eigenvalue weighted by Crippen LogP contribution is -2.46. The molecule has 0 saturated carbocycles. The number of ether oxygens (including phenoxy) is 1. The van der Waals surface area contributed by atoms with Crippen LogP contribution >= 0.6 is 27.3 Å². The maximum atomic E-state index is 5.80. The highest BCUT2D eigenvalue weighted by Crippen LogP contribution is 2.16. The Hall–Kier alpha value is 0.1000. The second-order valence-corrected chi connectivity index (χ2v) is 5.48. The summed E-state index contributed by atoms with van der Waals surface area (Å²) < 4.78 is 5.80. The van der Waals surface area contributed by atoms with E-state index < -0.39 is 0 Å². The predicted octanol–water partition coefficient (Wildman–Crippen LogP) is 2.73. The van der Waals surface area contributed by atoms with Crippen LogP contribution in [0.2, 0.25) is 0 Å². The van der Waals surface area contributed by atoms with E-state index in [1.165, 1.54) is 5.56 Å². The summed E-state index contributed by atoms with van der Waals surface area (Å²) in [5.74, 6) is 0. The van der Waals surface area contributed by atoms with Gasteiger partial charge in [0.15, 0.2) is 0 Å². The highest BCUT2D eigenvalue weighted by atomic mass is 79.9. The van der Waals surface area contributed by atoms with Gasteiger partial charge in [-0.3, -0.25) is 4.90 Å². The topological polar surface area (TPSA) is 12.5 Å². The lowest BCUT2D eigenvalue weighted by molar-refractivity contribution is -0.0677. The molecule has 0 bridgehead atoms. The van der Waals surface area contributed by atoms with Crippen LogP contribution in [0.4, 0.5) is 0 Å². The van der Waals surface area contributed by atoms with Crippen molar-refractivity contribution in [1.29, 1.82) is 0 Å². The van der Waals surface area contributed by atoms with Crippen molar-refractivity contribution < 1.29 is 4.74 Å². The Morgan fingerprint density at radius 2 is 2.47 bits per heavy atom. The molecule has 1 fully saturated rings. The summed E-state index contributed by atoms with van der Waals surface area (Å²) in [6.07, 6.45) is 0.687. The molecule has 15 heavy (non-hydrogen) atoms. The fourth-order valence-corrected chi connectivity index (χ4v) is 3.01. The molecule has 2 heterocycles. The molecule has 1 aliphatic rings. The molecule has 4 heteroatoms. The maximum Gasteiger partial charge on any atom is 0.0802 e. The molecule has 1 saturated heterocycles. The molecule has 2 atom stereocenters.